The number of hydrogen-bond donors (Lipinski definition) is 0. The molecule has 0 aliphatic heterocycles. The molecule has 0 bridgehead atoms. The average Bonchev–Trinajstić information content (AvgIpc) is 2.22. The first-order chi connectivity index (χ1) is 7.20. The van der Waals surface area contributed by atoms with Gasteiger partial charge in [0.15, 0.2) is 0 Å². The number of allylic oxidation sites excluding steroid dienone is 2. The third-order valence-electron chi connectivity index (χ3n) is 2.63. The topological polar surface area (TPSA) is 17.1 Å². The fraction of sp³-hybridized carbons (Fsp3) is 0.786. The Labute approximate surface area is 95.0 Å². The number of aldehydes is 1. The fourth-order valence-electron chi connectivity index (χ4n) is 1.52. The summed E-state index contributed by atoms with van der Waals surface area (Å²) < 4.78 is 0. The van der Waals surface area contributed by atoms with Crippen LogP contribution in [0.3, 0.4) is 0 Å². The third kappa shape index (κ3) is 9.71. The molecular weight excluding hydrogens is 184 g/mol. The van der Waals surface area contributed by atoms with Crippen molar-refractivity contribution >= 4 is 6.29 Å². The Hall–Kier alpha value is -0.590. The lowest BCUT2D eigenvalue weighted by Gasteiger charge is -2.03. The Morgan fingerprint density at radius 1 is 1.20 bits per heavy atom. The van der Waals surface area contributed by atoms with Gasteiger partial charge in [-0.1, -0.05) is 46.1 Å². The SMILES string of the molecule is CCCCCC/C=C(\C=O)CCC(C)C. The zero-order valence-electron chi connectivity index (χ0n) is 10.6. The van der Waals surface area contributed by atoms with Gasteiger partial charge in [-0.3, -0.25) is 4.79 Å². The maximum Gasteiger partial charge on any atom is 0.145 e. The fourth-order valence-corrected chi connectivity index (χ4v) is 1.52. The standard InChI is InChI=1S/C14H26O/c1-4-5-6-7-8-9-14(12-15)11-10-13(2)3/h9,12-13H,4-8,10-11H2,1-3H3/b14-9-. The molecule has 0 radical (unpaired) electrons. The molecule has 0 saturated heterocycles. The minimum absolute atomic E-state index is 0.688. The van der Waals surface area contributed by atoms with E-state index in [4.69, 9.17) is 0 Å². The van der Waals surface area contributed by atoms with E-state index in [1.54, 1.807) is 0 Å². The number of carbonyl (C=O) groups is 1. The van der Waals surface area contributed by atoms with Gasteiger partial charge in [-0.05, 0) is 37.2 Å². The molecule has 0 heterocycles. The van der Waals surface area contributed by atoms with E-state index in [9.17, 15) is 4.79 Å². The Kier molecular flexibility index (Phi) is 9.55. The highest BCUT2D eigenvalue weighted by molar-refractivity contribution is 5.72. The van der Waals surface area contributed by atoms with Crippen LogP contribution < -0.4 is 0 Å². The third-order valence-corrected chi connectivity index (χ3v) is 2.63. The van der Waals surface area contributed by atoms with Crippen LogP contribution in [0.25, 0.3) is 0 Å². The molecule has 0 unspecified atom stereocenters. The lowest BCUT2D eigenvalue weighted by molar-refractivity contribution is -0.105. The van der Waals surface area contributed by atoms with Crippen LogP contribution in [0.2, 0.25) is 0 Å². The Bertz CT molecular complexity index is 180. The van der Waals surface area contributed by atoms with Crippen molar-refractivity contribution in [2.75, 3.05) is 0 Å². The van der Waals surface area contributed by atoms with Crippen LogP contribution in [0.5, 0.6) is 0 Å². The molecule has 0 saturated carbocycles. The first kappa shape index (κ1) is 14.4. The molecule has 0 aliphatic carbocycles. The molecule has 0 N–H and O–H groups in total. The summed E-state index contributed by atoms with van der Waals surface area (Å²) in [6, 6.07) is 0. The van der Waals surface area contributed by atoms with Crippen LogP contribution in [0.4, 0.5) is 0 Å². The summed E-state index contributed by atoms with van der Waals surface area (Å²) in [6.45, 7) is 6.61. The van der Waals surface area contributed by atoms with Crippen molar-refractivity contribution < 1.29 is 4.79 Å². The quantitative estimate of drug-likeness (QED) is 0.311. The van der Waals surface area contributed by atoms with Gasteiger partial charge in [0.05, 0.1) is 0 Å². The highest BCUT2D eigenvalue weighted by atomic mass is 16.1. The predicted molar refractivity (Wildman–Crippen MR) is 67.0 cm³/mol. The molecule has 15 heavy (non-hydrogen) atoms. The molecule has 0 amide bonds. The lowest BCUT2D eigenvalue weighted by atomic mass is 10.0. The minimum Gasteiger partial charge on any atom is -0.298 e. The largest absolute Gasteiger partial charge is 0.298 e. The number of carbonyl (C=O) groups excluding carboxylic acids is 1. The summed E-state index contributed by atoms with van der Waals surface area (Å²) in [5.41, 5.74) is 1.00. The highest BCUT2D eigenvalue weighted by Gasteiger charge is 1.98. The molecule has 0 aliphatic rings. The van der Waals surface area contributed by atoms with Crippen LogP contribution in [0.15, 0.2) is 11.6 Å². The van der Waals surface area contributed by atoms with Crippen molar-refractivity contribution in [2.24, 2.45) is 5.92 Å². The van der Waals surface area contributed by atoms with Gasteiger partial charge in [-0.2, -0.15) is 0 Å². The predicted octanol–water partition coefficient (Wildman–Crippen LogP) is 4.52. The zero-order chi connectivity index (χ0) is 11.5. The van der Waals surface area contributed by atoms with E-state index in [1.807, 2.05) is 0 Å². The van der Waals surface area contributed by atoms with E-state index >= 15 is 0 Å². The maximum absolute atomic E-state index is 10.8. The van der Waals surface area contributed by atoms with Gasteiger partial charge in [0, 0.05) is 0 Å². The van der Waals surface area contributed by atoms with Crippen LogP contribution in [0, 0.1) is 5.92 Å². The Morgan fingerprint density at radius 3 is 2.47 bits per heavy atom. The molecule has 0 spiro atoms. The van der Waals surface area contributed by atoms with E-state index < -0.39 is 0 Å². The number of hydrogen-bond acceptors (Lipinski definition) is 1. The molecule has 0 rings (SSSR count). The Morgan fingerprint density at radius 2 is 1.93 bits per heavy atom. The van der Waals surface area contributed by atoms with Gasteiger partial charge >= 0.3 is 0 Å². The first-order valence-corrected chi connectivity index (χ1v) is 6.34. The van der Waals surface area contributed by atoms with Crippen molar-refractivity contribution in [1.29, 1.82) is 0 Å². The second-order valence-corrected chi connectivity index (χ2v) is 4.68. The number of rotatable bonds is 9. The van der Waals surface area contributed by atoms with Crippen LogP contribution in [-0.2, 0) is 4.79 Å². The smallest absolute Gasteiger partial charge is 0.145 e. The summed E-state index contributed by atoms with van der Waals surface area (Å²) in [5, 5.41) is 0. The summed E-state index contributed by atoms with van der Waals surface area (Å²) in [7, 11) is 0. The molecule has 0 aromatic rings. The molecule has 0 aromatic heterocycles. The van der Waals surface area contributed by atoms with Crippen molar-refractivity contribution in [3.63, 3.8) is 0 Å². The van der Waals surface area contributed by atoms with E-state index in [2.05, 4.69) is 26.8 Å². The van der Waals surface area contributed by atoms with Gasteiger partial charge < -0.3 is 0 Å². The number of unbranched alkanes of at least 4 members (excludes halogenated alkanes) is 4. The lowest BCUT2D eigenvalue weighted by Crippen LogP contribution is -1.91. The first-order valence-electron chi connectivity index (χ1n) is 6.34. The van der Waals surface area contributed by atoms with Gasteiger partial charge in [0.2, 0.25) is 0 Å². The molecule has 1 heteroatoms. The summed E-state index contributed by atoms with van der Waals surface area (Å²) >= 11 is 0. The van der Waals surface area contributed by atoms with Gasteiger partial charge in [0.1, 0.15) is 6.29 Å². The van der Waals surface area contributed by atoms with Crippen molar-refractivity contribution in [1.82, 2.24) is 0 Å². The van der Waals surface area contributed by atoms with E-state index in [0.717, 1.165) is 31.1 Å². The summed E-state index contributed by atoms with van der Waals surface area (Å²) in [4.78, 5) is 10.8. The summed E-state index contributed by atoms with van der Waals surface area (Å²) in [6.07, 6.45) is 11.4. The van der Waals surface area contributed by atoms with E-state index in [1.165, 1.54) is 25.7 Å². The molecule has 1 nitrogen and oxygen atoms in total. The van der Waals surface area contributed by atoms with Crippen molar-refractivity contribution in [2.45, 2.75) is 65.7 Å². The normalized spacial score (nSPS) is 12.1. The molecule has 0 fully saturated rings. The van der Waals surface area contributed by atoms with Crippen molar-refractivity contribution in [3.8, 4) is 0 Å². The second-order valence-electron chi connectivity index (χ2n) is 4.68. The van der Waals surface area contributed by atoms with Crippen molar-refractivity contribution in [3.05, 3.63) is 11.6 Å². The van der Waals surface area contributed by atoms with Gasteiger partial charge in [-0.25, -0.2) is 0 Å². The molecule has 0 aromatic carbocycles. The summed E-state index contributed by atoms with van der Waals surface area (Å²) in [5.74, 6) is 0.688. The van der Waals surface area contributed by atoms with Gasteiger partial charge in [-0.15, -0.1) is 0 Å². The molecule has 0 atom stereocenters. The zero-order valence-corrected chi connectivity index (χ0v) is 10.6. The van der Waals surface area contributed by atoms with E-state index in [-0.39, 0.29) is 0 Å². The monoisotopic (exact) mass is 210 g/mol. The van der Waals surface area contributed by atoms with Crippen LogP contribution in [-0.4, -0.2) is 6.29 Å². The van der Waals surface area contributed by atoms with E-state index in [0.29, 0.717) is 5.92 Å². The average molecular weight is 210 g/mol. The van der Waals surface area contributed by atoms with Crippen LogP contribution in [0.1, 0.15) is 65.7 Å². The maximum atomic E-state index is 10.8. The molecule has 88 valence electrons. The second kappa shape index (κ2) is 9.95. The Balaban J connectivity index is 3.64. The van der Waals surface area contributed by atoms with Gasteiger partial charge in [0.25, 0.3) is 0 Å². The molecular formula is C14H26O. The van der Waals surface area contributed by atoms with Crippen LogP contribution >= 0.6 is 0 Å². The highest BCUT2D eigenvalue weighted by Crippen LogP contribution is 2.12. The minimum atomic E-state index is 0.688.